The highest BCUT2D eigenvalue weighted by molar-refractivity contribution is 6.30. The Labute approximate surface area is 100.0 Å². The molecule has 1 aliphatic rings. The predicted molar refractivity (Wildman–Crippen MR) is 62.5 cm³/mol. The first-order valence-electron chi connectivity index (χ1n) is 5.36. The van der Waals surface area contributed by atoms with Crippen LogP contribution in [0, 0.1) is 0 Å². The standard InChI is InChI=1S/C12H14ClNO2/c1-9-14(6-3-7-16-9)12(15)10-4-2-5-11(13)8-10/h2,4-5,8-9H,3,6-7H2,1H3. The molecule has 1 aromatic rings. The van der Waals surface area contributed by atoms with Crippen molar-refractivity contribution in [2.75, 3.05) is 13.2 Å². The molecule has 4 heteroatoms. The zero-order valence-electron chi connectivity index (χ0n) is 9.15. The van der Waals surface area contributed by atoms with Gasteiger partial charge in [0.05, 0.1) is 6.61 Å². The van der Waals surface area contributed by atoms with E-state index in [0.717, 1.165) is 19.6 Å². The van der Waals surface area contributed by atoms with E-state index in [1.165, 1.54) is 0 Å². The molecule has 1 saturated heterocycles. The number of rotatable bonds is 1. The van der Waals surface area contributed by atoms with Crippen molar-refractivity contribution in [1.29, 1.82) is 0 Å². The van der Waals surface area contributed by atoms with Gasteiger partial charge in [-0.25, -0.2) is 0 Å². The highest BCUT2D eigenvalue weighted by Crippen LogP contribution is 2.17. The van der Waals surface area contributed by atoms with Crippen LogP contribution in [0.3, 0.4) is 0 Å². The fourth-order valence-corrected chi connectivity index (χ4v) is 2.00. The normalized spacial score (nSPS) is 20.9. The molecule has 0 saturated carbocycles. The van der Waals surface area contributed by atoms with Gasteiger partial charge < -0.3 is 9.64 Å². The average molecular weight is 240 g/mol. The van der Waals surface area contributed by atoms with Crippen LogP contribution in [0.4, 0.5) is 0 Å². The number of carbonyl (C=O) groups is 1. The molecule has 0 aliphatic carbocycles. The van der Waals surface area contributed by atoms with Gasteiger partial charge in [-0.1, -0.05) is 17.7 Å². The number of hydrogen-bond donors (Lipinski definition) is 0. The SMILES string of the molecule is CC1OCCCN1C(=O)c1cccc(Cl)c1. The Morgan fingerprint density at radius 1 is 1.56 bits per heavy atom. The molecule has 0 bridgehead atoms. The molecule has 86 valence electrons. The lowest BCUT2D eigenvalue weighted by atomic mass is 10.2. The Morgan fingerprint density at radius 2 is 2.38 bits per heavy atom. The molecule has 0 radical (unpaired) electrons. The third-order valence-corrected chi connectivity index (χ3v) is 2.91. The van der Waals surface area contributed by atoms with Crippen LogP contribution in [0.2, 0.25) is 5.02 Å². The summed E-state index contributed by atoms with van der Waals surface area (Å²) in [4.78, 5) is 13.9. The molecule has 1 fully saturated rings. The van der Waals surface area contributed by atoms with Crippen molar-refractivity contribution in [2.24, 2.45) is 0 Å². The van der Waals surface area contributed by atoms with Crippen molar-refractivity contribution < 1.29 is 9.53 Å². The average Bonchev–Trinajstić information content (AvgIpc) is 2.29. The summed E-state index contributed by atoms with van der Waals surface area (Å²) in [6.07, 6.45) is 0.733. The first-order valence-corrected chi connectivity index (χ1v) is 5.74. The van der Waals surface area contributed by atoms with E-state index in [0.29, 0.717) is 10.6 Å². The Kier molecular flexibility index (Phi) is 3.46. The van der Waals surface area contributed by atoms with Gasteiger partial charge in [0.1, 0.15) is 6.23 Å². The number of carbonyl (C=O) groups excluding carboxylic acids is 1. The van der Waals surface area contributed by atoms with Gasteiger partial charge in [0, 0.05) is 17.1 Å². The molecule has 0 aromatic heterocycles. The van der Waals surface area contributed by atoms with Crippen molar-refractivity contribution in [1.82, 2.24) is 4.90 Å². The lowest BCUT2D eigenvalue weighted by molar-refractivity contribution is -0.0661. The first-order chi connectivity index (χ1) is 7.68. The molecule has 1 aliphatic heterocycles. The molecular weight excluding hydrogens is 226 g/mol. The van der Waals surface area contributed by atoms with E-state index in [1.54, 1.807) is 29.2 Å². The highest BCUT2D eigenvalue weighted by atomic mass is 35.5. The second-order valence-corrected chi connectivity index (χ2v) is 4.27. The fourth-order valence-electron chi connectivity index (χ4n) is 1.81. The smallest absolute Gasteiger partial charge is 0.255 e. The molecule has 0 spiro atoms. The molecule has 1 atom stereocenters. The second kappa shape index (κ2) is 4.85. The van der Waals surface area contributed by atoms with Gasteiger partial charge in [0.15, 0.2) is 0 Å². The largest absolute Gasteiger partial charge is 0.359 e. The Balaban J connectivity index is 2.17. The zero-order valence-corrected chi connectivity index (χ0v) is 9.91. The number of amides is 1. The predicted octanol–water partition coefficient (Wildman–Crippen LogP) is 2.55. The lowest BCUT2D eigenvalue weighted by Gasteiger charge is -2.33. The number of hydrogen-bond acceptors (Lipinski definition) is 2. The third kappa shape index (κ3) is 2.36. The number of benzene rings is 1. The minimum Gasteiger partial charge on any atom is -0.359 e. The maximum absolute atomic E-state index is 12.1. The van der Waals surface area contributed by atoms with E-state index in [9.17, 15) is 4.79 Å². The number of nitrogens with zero attached hydrogens (tertiary/aromatic N) is 1. The quantitative estimate of drug-likeness (QED) is 0.754. The van der Waals surface area contributed by atoms with Crippen LogP contribution in [-0.2, 0) is 4.74 Å². The van der Waals surface area contributed by atoms with Gasteiger partial charge in [0.2, 0.25) is 0 Å². The van der Waals surface area contributed by atoms with Gasteiger partial charge in [-0.15, -0.1) is 0 Å². The van der Waals surface area contributed by atoms with Crippen molar-refractivity contribution in [2.45, 2.75) is 19.6 Å². The van der Waals surface area contributed by atoms with Crippen LogP contribution in [0.25, 0.3) is 0 Å². The molecule has 3 nitrogen and oxygen atoms in total. The molecule has 1 heterocycles. The summed E-state index contributed by atoms with van der Waals surface area (Å²) in [6, 6.07) is 7.00. The summed E-state index contributed by atoms with van der Waals surface area (Å²) in [7, 11) is 0. The molecule has 1 amide bonds. The van der Waals surface area contributed by atoms with Gasteiger partial charge >= 0.3 is 0 Å². The van der Waals surface area contributed by atoms with E-state index in [4.69, 9.17) is 16.3 Å². The maximum atomic E-state index is 12.1. The van der Waals surface area contributed by atoms with Crippen LogP contribution in [0.15, 0.2) is 24.3 Å². The Hall–Kier alpha value is -1.06. The van der Waals surface area contributed by atoms with E-state index in [2.05, 4.69) is 0 Å². The molecule has 0 N–H and O–H groups in total. The molecule has 2 rings (SSSR count). The zero-order chi connectivity index (χ0) is 11.5. The van der Waals surface area contributed by atoms with E-state index in [-0.39, 0.29) is 12.1 Å². The van der Waals surface area contributed by atoms with Crippen molar-refractivity contribution in [3.63, 3.8) is 0 Å². The summed E-state index contributed by atoms with van der Waals surface area (Å²) in [5.74, 6) is -0.0188. The molecule has 16 heavy (non-hydrogen) atoms. The fraction of sp³-hybridized carbons (Fsp3) is 0.417. The number of halogens is 1. The molecule has 1 aromatic carbocycles. The third-order valence-electron chi connectivity index (χ3n) is 2.67. The van der Waals surface area contributed by atoms with Gasteiger partial charge in [-0.2, -0.15) is 0 Å². The second-order valence-electron chi connectivity index (χ2n) is 3.83. The van der Waals surface area contributed by atoms with Crippen molar-refractivity contribution >= 4 is 17.5 Å². The Bertz CT molecular complexity index is 394. The number of ether oxygens (including phenoxy) is 1. The van der Waals surface area contributed by atoms with Crippen molar-refractivity contribution in [3.05, 3.63) is 34.9 Å². The summed E-state index contributed by atoms with van der Waals surface area (Å²) in [6.45, 7) is 3.36. The van der Waals surface area contributed by atoms with Crippen LogP contribution in [-0.4, -0.2) is 30.2 Å². The Morgan fingerprint density at radius 3 is 3.06 bits per heavy atom. The topological polar surface area (TPSA) is 29.5 Å². The summed E-state index contributed by atoms with van der Waals surface area (Å²) in [5, 5.41) is 0.580. The van der Waals surface area contributed by atoms with Crippen LogP contribution in [0.5, 0.6) is 0 Å². The highest BCUT2D eigenvalue weighted by Gasteiger charge is 2.24. The molecule has 1 unspecified atom stereocenters. The van der Waals surface area contributed by atoms with Crippen LogP contribution >= 0.6 is 11.6 Å². The molecular formula is C12H14ClNO2. The van der Waals surface area contributed by atoms with E-state index < -0.39 is 0 Å². The maximum Gasteiger partial charge on any atom is 0.255 e. The minimum atomic E-state index is -0.153. The first kappa shape index (κ1) is 11.4. The van der Waals surface area contributed by atoms with Crippen LogP contribution in [0.1, 0.15) is 23.7 Å². The summed E-state index contributed by atoms with van der Waals surface area (Å²) < 4.78 is 5.44. The van der Waals surface area contributed by atoms with E-state index >= 15 is 0 Å². The van der Waals surface area contributed by atoms with Gasteiger partial charge in [-0.3, -0.25) is 4.79 Å². The van der Waals surface area contributed by atoms with Gasteiger partial charge in [0.25, 0.3) is 5.91 Å². The van der Waals surface area contributed by atoms with Gasteiger partial charge in [-0.05, 0) is 31.5 Å². The minimum absolute atomic E-state index is 0.0188. The monoisotopic (exact) mass is 239 g/mol. The van der Waals surface area contributed by atoms with E-state index in [1.807, 2.05) is 6.92 Å². The van der Waals surface area contributed by atoms with Crippen molar-refractivity contribution in [3.8, 4) is 0 Å². The summed E-state index contributed by atoms with van der Waals surface area (Å²) >= 11 is 5.86. The lowest BCUT2D eigenvalue weighted by Crippen LogP contribution is -2.44. The summed E-state index contributed by atoms with van der Waals surface area (Å²) in [5.41, 5.74) is 0.616. The van der Waals surface area contributed by atoms with Crippen LogP contribution < -0.4 is 0 Å².